The fourth-order valence-electron chi connectivity index (χ4n) is 4.13. The molecule has 0 saturated carbocycles. The van der Waals surface area contributed by atoms with Crippen LogP contribution in [0.15, 0.2) is 90.3 Å². The number of sulfonamides is 1. The Morgan fingerprint density at radius 1 is 0.895 bits per heavy atom. The number of fused-ring (bicyclic) bond motifs is 3. The number of imidazole rings is 1. The van der Waals surface area contributed by atoms with E-state index in [1.807, 2.05) is 54.6 Å². The maximum Gasteiger partial charge on any atom is 0.280 e. The van der Waals surface area contributed by atoms with Gasteiger partial charge in [0.25, 0.3) is 10.0 Å². The van der Waals surface area contributed by atoms with E-state index in [1.165, 1.54) is 12.5 Å². The summed E-state index contributed by atoms with van der Waals surface area (Å²) in [6.45, 7) is 0. The van der Waals surface area contributed by atoms with Crippen LogP contribution in [0.5, 0.6) is 5.75 Å². The first-order valence-electron chi connectivity index (χ1n) is 11.6. The van der Waals surface area contributed by atoms with Gasteiger partial charge in [-0.05, 0) is 42.5 Å². The Morgan fingerprint density at radius 3 is 2.39 bits per heavy atom. The number of benzene rings is 3. The predicted molar refractivity (Wildman–Crippen MR) is 144 cm³/mol. The van der Waals surface area contributed by atoms with Gasteiger partial charge in [0.2, 0.25) is 0 Å². The van der Waals surface area contributed by atoms with Gasteiger partial charge in [0.15, 0.2) is 22.3 Å². The van der Waals surface area contributed by atoms with Crippen LogP contribution in [0.3, 0.4) is 0 Å². The molecule has 38 heavy (non-hydrogen) atoms. The van der Waals surface area contributed by atoms with Gasteiger partial charge in [-0.3, -0.25) is 4.72 Å². The minimum atomic E-state index is -3.83. The Morgan fingerprint density at radius 2 is 1.66 bits per heavy atom. The molecule has 0 atom stereocenters. The fourth-order valence-corrected chi connectivity index (χ4v) is 5.16. The minimum absolute atomic E-state index is 0.0601. The van der Waals surface area contributed by atoms with E-state index >= 15 is 0 Å². The molecule has 0 bridgehead atoms. The van der Waals surface area contributed by atoms with Crippen molar-refractivity contribution in [2.24, 2.45) is 7.05 Å². The third-order valence-corrected chi connectivity index (χ3v) is 7.21. The van der Waals surface area contributed by atoms with Gasteiger partial charge in [-0.15, -0.1) is 15.3 Å². The molecule has 190 valence electrons. The lowest BCUT2D eigenvalue weighted by Gasteiger charge is -2.12. The summed E-state index contributed by atoms with van der Waals surface area (Å²) in [7, 11) is -0.509. The maximum absolute atomic E-state index is 12.7. The largest absolute Gasteiger partial charge is 0.497 e. The van der Waals surface area contributed by atoms with Crippen molar-refractivity contribution in [3.63, 3.8) is 0 Å². The zero-order valence-corrected chi connectivity index (χ0v) is 21.2. The molecule has 0 saturated heterocycles. The minimum Gasteiger partial charge on any atom is -0.497 e. The Kier molecular flexibility index (Phi) is 5.65. The summed E-state index contributed by atoms with van der Waals surface area (Å²) in [6, 6.07) is 22.2. The first-order chi connectivity index (χ1) is 18.4. The van der Waals surface area contributed by atoms with Gasteiger partial charge in [0.05, 0.1) is 19.1 Å². The zero-order valence-electron chi connectivity index (χ0n) is 20.4. The lowest BCUT2D eigenvalue weighted by atomic mass is 10.1. The second kappa shape index (κ2) is 9.16. The second-order valence-electron chi connectivity index (χ2n) is 8.57. The molecule has 6 aromatic rings. The number of nitrogens with zero attached hydrogens (tertiary/aromatic N) is 6. The summed E-state index contributed by atoms with van der Waals surface area (Å²) in [6.07, 6.45) is 2.87. The van der Waals surface area contributed by atoms with Gasteiger partial charge in [-0.2, -0.15) is 12.9 Å². The van der Waals surface area contributed by atoms with Crippen molar-refractivity contribution in [1.29, 1.82) is 0 Å². The van der Waals surface area contributed by atoms with Crippen molar-refractivity contribution in [1.82, 2.24) is 29.4 Å². The van der Waals surface area contributed by atoms with Crippen molar-refractivity contribution < 1.29 is 13.2 Å². The Hall–Kier alpha value is -4.97. The van der Waals surface area contributed by atoms with E-state index in [0.717, 1.165) is 22.1 Å². The summed E-state index contributed by atoms with van der Waals surface area (Å²) < 4.78 is 36.6. The molecule has 11 nitrogen and oxygen atoms in total. The van der Waals surface area contributed by atoms with E-state index in [4.69, 9.17) is 9.84 Å². The number of nitrogens with one attached hydrogen (secondary N) is 2. The fraction of sp³-hybridized carbons (Fsp3) is 0.0769. The zero-order chi connectivity index (χ0) is 26.3. The van der Waals surface area contributed by atoms with E-state index in [1.54, 1.807) is 41.4 Å². The summed E-state index contributed by atoms with van der Waals surface area (Å²) in [5.74, 6) is 1.88. The molecule has 0 fully saturated rings. The first-order valence-corrected chi connectivity index (χ1v) is 13.1. The van der Waals surface area contributed by atoms with E-state index in [0.29, 0.717) is 28.7 Å². The molecule has 3 aromatic carbocycles. The van der Waals surface area contributed by atoms with Crippen LogP contribution in [0.1, 0.15) is 0 Å². The SMILES string of the molecule is COc1ccc(-c2nnc3c4ccccc4c(Nc4cccc(NS(=O)(=O)c5cn(C)cn5)c4)nn23)cc1. The van der Waals surface area contributed by atoms with Gasteiger partial charge >= 0.3 is 0 Å². The predicted octanol–water partition coefficient (Wildman–Crippen LogP) is 4.23. The van der Waals surface area contributed by atoms with Crippen molar-refractivity contribution in [2.75, 3.05) is 17.1 Å². The van der Waals surface area contributed by atoms with Crippen LogP contribution in [0.4, 0.5) is 17.2 Å². The van der Waals surface area contributed by atoms with Gasteiger partial charge in [0, 0.05) is 35.3 Å². The summed E-state index contributed by atoms with van der Waals surface area (Å²) in [4.78, 5) is 3.94. The van der Waals surface area contributed by atoms with Crippen LogP contribution in [0.2, 0.25) is 0 Å². The molecular weight excluding hydrogens is 504 g/mol. The van der Waals surface area contributed by atoms with Gasteiger partial charge in [-0.1, -0.05) is 30.3 Å². The lowest BCUT2D eigenvalue weighted by molar-refractivity contribution is 0.415. The molecule has 0 amide bonds. The van der Waals surface area contributed by atoms with Crippen molar-refractivity contribution in [3.05, 3.63) is 85.3 Å². The van der Waals surface area contributed by atoms with Crippen LogP contribution in [-0.2, 0) is 17.1 Å². The highest BCUT2D eigenvalue weighted by atomic mass is 32.2. The van der Waals surface area contributed by atoms with E-state index in [-0.39, 0.29) is 5.03 Å². The summed E-state index contributed by atoms with van der Waals surface area (Å²) >= 11 is 0. The van der Waals surface area contributed by atoms with E-state index in [2.05, 4.69) is 25.2 Å². The molecule has 0 aliphatic heterocycles. The highest BCUT2D eigenvalue weighted by molar-refractivity contribution is 7.92. The molecule has 3 heterocycles. The molecule has 2 N–H and O–H groups in total. The van der Waals surface area contributed by atoms with Crippen molar-refractivity contribution >= 4 is 43.6 Å². The normalized spacial score (nSPS) is 11.6. The molecule has 0 unspecified atom stereocenters. The van der Waals surface area contributed by atoms with Crippen LogP contribution >= 0.6 is 0 Å². The summed E-state index contributed by atoms with van der Waals surface area (Å²) in [5, 5.41) is 18.6. The average Bonchev–Trinajstić information content (AvgIpc) is 3.56. The van der Waals surface area contributed by atoms with Gasteiger partial charge < -0.3 is 14.6 Å². The molecule has 6 rings (SSSR count). The monoisotopic (exact) mass is 526 g/mol. The standard InChI is InChI=1S/C26H22N8O3S/c1-33-15-23(27-16-33)38(35,36)32-19-7-5-6-18(14-19)28-24-21-8-3-4-9-22(21)26-30-29-25(34(26)31-24)17-10-12-20(37-2)13-11-17/h3-16,32H,1-2H3,(H,28,31). The Bertz CT molecular complexity index is 1900. The molecule has 12 heteroatoms. The molecule has 0 radical (unpaired) electrons. The van der Waals surface area contributed by atoms with E-state index in [9.17, 15) is 8.42 Å². The number of ether oxygens (including phenoxy) is 1. The molecule has 0 aliphatic carbocycles. The molecule has 0 aliphatic rings. The number of anilines is 3. The van der Waals surface area contributed by atoms with Gasteiger partial charge in [-0.25, -0.2) is 4.98 Å². The molecular formula is C26H22N8O3S. The molecule has 0 spiro atoms. The number of rotatable bonds is 7. The van der Waals surface area contributed by atoms with Crippen molar-refractivity contribution in [3.8, 4) is 17.1 Å². The van der Waals surface area contributed by atoms with Crippen molar-refractivity contribution in [2.45, 2.75) is 5.03 Å². The Labute approximate surface area is 217 Å². The topological polar surface area (TPSA) is 128 Å². The quantitative estimate of drug-likeness (QED) is 0.316. The molecule has 3 aromatic heterocycles. The highest BCUT2D eigenvalue weighted by Crippen LogP contribution is 2.30. The van der Waals surface area contributed by atoms with Crippen LogP contribution in [-0.4, -0.2) is 44.9 Å². The van der Waals surface area contributed by atoms with Crippen LogP contribution in [0.25, 0.3) is 27.8 Å². The third kappa shape index (κ3) is 4.26. The number of aromatic nitrogens is 6. The smallest absolute Gasteiger partial charge is 0.280 e. The number of aryl methyl sites for hydroxylation is 1. The average molecular weight is 527 g/mol. The highest BCUT2D eigenvalue weighted by Gasteiger charge is 2.18. The number of hydrogen-bond donors (Lipinski definition) is 2. The van der Waals surface area contributed by atoms with Crippen LogP contribution in [0, 0.1) is 0 Å². The second-order valence-corrected chi connectivity index (χ2v) is 10.2. The number of hydrogen-bond acceptors (Lipinski definition) is 8. The van der Waals surface area contributed by atoms with Gasteiger partial charge in [0.1, 0.15) is 5.75 Å². The van der Waals surface area contributed by atoms with Crippen LogP contribution < -0.4 is 14.8 Å². The lowest BCUT2D eigenvalue weighted by Crippen LogP contribution is -2.13. The third-order valence-electron chi connectivity index (χ3n) is 5.95. The first kappa shape index (κ1) is 23.4. The summed E-state index contributed by atoms with van der Waals surface area (Å²) in [5.41, 5.74) is 2.48. The number of methoxy groups -OCH3 is 1. The maximum atomic E-state index is 12.7. The van der Waals surface area contributed by atoms with E-state index < -0.39 is 10.0 Å². The Balaban J connectivity index is 1.39.